The molecule has 1 aromatic heterocycles. The van der Waals surface area contributed by atoms with Crippen LogP contribution in [0.15, 0.2) is 39.9 Å². The van der Waals surface area contributed by atoms with E-state index in [4.69, 9.17) is 0 Å². The van der Waals surface area contributed by atoms with Crippen LogP contribution in [0.5, 0.6) is 0 Å². The molecule has 1 aliphatic rings. The second-order valence-electron chi connectivity index (χ2n) is 7.45. The Kier molecular flexibility index (Phi) is 6.48. The number of rotatable bonds is 7. The summed E-state index contributed by atoms with van der Waals surface area (Å²) in [5, 5.41) is 10.7. The Morgan fingerprint density at radius 3 is 2.24 bits per heavy atom. The topological polar surface area (TPSA) is 93.6 Å². The molecule has 156 valence electrons. The second-order valence-corrected chi connectivity index (χ2v) is 7.45. The summed E-state index contributed by atoms with van der Waals surface area (Å²) in [4.78, 5) is 38.9. The van der Waals surface area contributed by atoms with Crippen molar-refractivity contribution in [1.29, 1.82) is 0 Å². The molecule has 1 fully saturated rings. The van der Waals surface area contributed by atoms with Crippen LogP contribution in [-0.2, 0) is 20.5 Å². The van der Waals surface area contributed by atoms with Crippen molar-refractivity contribution in [3.05, 3.63) is 66.8 Å². The first-order valence-corrected chi connectivity index (χ1v) is 9.84. The van der Waals surface area contributed by atoms with Crippen molar-refractivity contribution in [2.75, 3.05) is 37.6 Å². The normalized spacial score (nSPS) is 14.9. The number of piperazine rings is 1. The highest BCUT2D eigenvalue weighted by Gasteiger charge is 2.20. The van der Waals surface area contributed by atoms with E-state index in [-0.39, 0.29) is 21.9 Å². The van der Waals surface area contributed by atoms with E-state index < -0.39 is 0 Å². The van der Waals surface area contributed by atoms with Crippen molar-refractivity contribution >= 4 is 11.5 Å². The van der Waals surface area contributed by atoms with Gasteiger partial charge in [0.05, 0.1) is 4.92 Å². The highest BCUT2D eigenvalue weighted by Crippen LogP contribution is 2.15. The van der Waals surface area contributed by atoms with E-state index in [1.54, 1.807) is 19.2 Å². The van der Waals surface area contributed by atoms with Crippen molar-refractivity contribution in [2.45, 2.75) is 19.3 Å². The van der Waals surface area contributed by atoms with Gasteiger partial charge in [0.1, 0.15) is 5.82 Å². The van der Waals surface area contributed by atoms with E-state index in [2.05, 4.69) is 9.80 Å². The van der Waals surface area contributed by atoms with Gasteiger partial charge in [-0.2, -0.15) is 0 Å². The Balaban J connectivity index is 1.44. The third-order valence-electron chi connectivity index (χ3n) is 5.53. The van der Waals surface area contributed by atoms with Crippen LogP contribution in [0.2, 0.25) is 0 Å². The number of aryl methyl sites for hydroxylation is 1. The zero-order chi connectivity index (χ0) is 21.0. The number of nitro groups is 1. The van der Waals surface area contributed by atoms with Gasteiger partial charge in [-0.3, -0.25) is 28.9 Å². The number of nitrogens with zero attached hydrogens (tertiary/aromatic N) is 5. The molecule has 0 N–H and O–H groups in total. The van der Waals surface area contributed by atoms with Gasteiger partial charge >= 0.3 is 5.69 Å². The average Bonchev–Trinajstić information content (AvgIpc) is 2.73. The lowest BCUT2D eigenvalue weighted by atomic mass is 10.1. The van der Waals surface area contributed by atoms with Gasteiger partial charge in [-0.25, -0.2) is 4.79 Å². The summed E-state index contributed by atoms with van der Waals surface area (Å²) in [7, 11) is 3.19. The minimum Gasteiger partial charge on any atom is -0.355 e. The maximum absolute atomic E-state index is 12.1. The maximum Gasteiger partial charge on any atom is 0.332 e. The molecule has 1 saturated heterocycles. The lowest BCUT2D eigenvalue weighted by molar-refractivity contribution is -0.384. The van der Waals surface area contributed by atoms with Crippen molar-refractivity contribution < 1.29 is 4.92 Å². The molecule has 0 aliphatic carbocycles. The summed E-state index contributed by atoms with van der Waals surface area (Å²) in [6.45, 7) is 4.34. The van der Waals surface area contributed by atoms with Gasteiger partial charge in [-0.15, -0.1) is 0 Å². The van der Waals surface area contributed by atoms with Crippen molar-refractivity contribution in [1.82, 2.24) is 14.0 Å². The molecule has 29 heavy (non-hydrogen) atoms. The average molecular weight is 401 g/mol. The van der Waals surface area contributed by atoms with E-state index in [0.29, 0.717) is 5.82 Å². The summed E-state index contributed by atoms with van der Waals surface area (Å²) < 4.78 is 2.64. The zero-order valence-corrected chi connectivity index (χ0v) is 16.9. The van der Waals surface area contributed by atoms with Crippen LogP contribution in [0, 0.1) is 10.1 Å². The standard InChI is InChI=1S/C20H27N5O4/c1-21-18(15-19(26)22(2)20(21)27)24-13-11-23(12-14-24)10-4-3-5-16-6-8-17(9-7-16)25(28)29/h6-9,15H,3-5,10-14H2,1-2H3. The molecule has 2 heterocycles. The Morgan fingerprint density at radius 2 is 1.62 bits per heavy atom. The fourth-order valence-corrected chi connectivity index (χ4v) is 3.67. The lowest BCUT2D eigenvalue weighted by Crippen LogP contribution is -2.49. The molecule has 0 atom stereocenters. The van der Waals surface area contributed by atoms with Crippen molar-refractivity contribution in [3.8, 4) is 0 Å². The van der Waals surface area contributed by atoms with E-state index in [9.17, 15) is 19.7 Å². The van der Waals surface area contributed by atoms with Crippen LogP contribution in [-0.4, -0.2) is 51.7 Å². The summed E-state index contributed by atoms with van der Waals surface area (Å²) in [5.74, 6) is 0.677. The van der Waals surface area contributed by atoms with Crippen molar-refractivity contribution in [2.24, 2.45) is 14.1 Å². The number of anilines is 1. The third kappa shape index (κ3) is 4.92. The first-order valence-electron chi connectivity index (χ1n) is 9.84. The van der Waals surface area contributed by atoms with E-state index in [1.807, 2.05) is 12.1 Å². The molecular formula is C20H27N5O4. The Labute approximate surface area is 168 Å². The molecule has 9 heteroatoms. The quantitative estimate of drug-likeness (QED) is 0.392. The number of aromatic nitrogens is 2. The number of nitro benzene ring substituents is 1. The molecule has 0 amide bonds. The summed E-state index contributed by atoms with van der Waals surface area (Å²) in [6.07, 6.45) is 3.00. The van der Waals surface area contributed by atoms with Gasteiger partial charge < -0.3 is 4.90 Å². The van der Waals surface area contributed by atoms with Crippen LogP contribution >= 0.6 is 0 Å². The molecule has 0 spiro atoms. The minimum atomic E-state index is -0.380. The fourth-order valence-electron chi connectivity index (χ4n) is 3.67. The lowest BCUT2D eigenvalue weighted by Gasteiger charge is -2.36. The van der Waals surface area contributed by atoms with Crippen molar-refractivity contribution in [3.63, 3.8) is 0 Å². The highest BCUT2D eigenvalue weighted by molar-refractivity contribution is 5.39. The molecular weight excluding hydrogens is 374 g/mol. The Hall–Kier alpha value is -2.94. The van der Waals surface area contributed by atoms with Gasteiger partial charge in [0, 0.05) is 58.5 Å². The van der Waals surface area contributed by atoms with E-state index >= 15 is 0 Å². The second kappa shape index (κ2) is 9.04. The molecule has 1 aliphatic heterocycles. The molecule has 0 unspecified atom stereocenters. The number of benzene rings is 1. The monoisotopic (exact) mass is 401 g/mol. The number of unbranched alkanes of at least 4 members (excludes halogenated alkanes) is 1. The van der Waals surface area contributed by atoms with Gasteiger partial charge in [0.15, 0.2) is 0 Å². The fraction of sp³-hybridized carbons (Fsp3) is 0.500. The molecule has 9 nitrogen and oxygen atoms in total. The van der Waals surface area contributed by atoms with E-state index in [0.717, 1.165) is 62.1 Å². The molecule has 0 saturated carbocycles. The predicted octanol–water partition coefficient (Wildman–Crippen LogP) is 1.14. The van der Waals surface area contributed by atoms with Gasteiger partial charge in [-0.05, 0) is 31.4 Å². The first-order chi connectivity index (χ1) is 13.9. The molecule has 1 aromatic carbocycles. The highest BCUT2D eigenvalue weighted by atomic mass is 16.6. The zero-order valence-electron chi connectivity index (χ0n) is 16.9. The smallest absolute Gasteiger partial charge is 0.332 e. The predicted molar refractivity (Wildman–Crippen MR) is 112 cm³/mol. The minimum absolute atomic E-state index is 0.125. The number of hydrogen-bond acceptors (Lipinski definition) is 6. The summed E-state index contributed by atoms with van der Waals surface area (Å²) in [5.41, 5.74) is 0.658. The SMILES string of the molecule is Cn1c(N2CCN(CCCCc3ccc([N+](=O)[O-])cc3)CC2)cc(=O)n(C)c1=O. The summed E-state index contributed by atoms with van der Waals surface area (Å²) in [6, 6.07) is 8.29. The molecule has 0 radical (unpaired) electrons. The summed E-state index contributed by atoms with van der Waals surface area (Å²) >= 11 is 0. The molecule has 3 rings (SSSR count). The number of hydrogen-bond donors (Lipinski definition) is 0. The van der Waals surface area contributed by atoms with Crippen LogP contribution in [0.4, 0.5) is 11.5 Å². The largest absolute Gasteiger partial charge is 0.355 e. The first kappa shape index (κ1) is 20.8. The van der Waals surface area contributed by atoms with E-state index in [1.165, 1.54) is 17.7 Å². The van der Waals surface area contributed by atoms with Gasteiger partial charge in [0.25, 0.3) is 11.2 Å². The van der Waals surface area contributed by atoms with Crippen LogP contribution in [0.3, 0.4) is 0 Å². The Morgan fingerprint density at radius 1 is 0.966 bits per heavy atom. The van der Waals surface area contributed by atoms with Crippen LogP contribution in [0.1, 0.15) is 18.4 Å². The molecule has 0 bridgehead atoms. The third-order valence-corrected chi connectivity index (χ3v) is 5.53. The van der Waals surface area contributed by atoms with Gasteiger partial charge in [0.2, 0.25) is 0 Å². The Bertz CT molecular complexity index is 972. The van der Waals surface area contributed by atoms with Gasteiger partial charge in [-0.1, -0.05) is 12.1 Å². The van der Waals surface area contributed by atoms with Crippen LogP contribution in [0.25, 0.3) is 0 Å². The maximum atomic E-state index is 12.1. The number of non-ortho nitro benzene ring substituents is 1. The van der Waals surface area contributed by atoms with Crippen LogP contribution < -0.4 is 16.1 Å². The molecule has 2 aromatic rings.